The van der Waals surface area contributed by atoms with E-state index in [1.165, 1.54) is 0 Å². The third kappa shape index (κ3) is 2.03. The third-order valence-electron chi connectivity index (χ3n) is 2.25. The lowest BCUT2D eigenvalue weighted by Gasteiger charge is -2.45. The summed E-state index contributed by atoms with van der Waals surface area (Å²) in [6.45, 7) is 6.66. The first kappa shape index (κ1) is 10.9. The normalized spacial score (nSPS) is 31.5. The fourth-order valence-corrected chi connectivity index (χ4v) is 4.55. The summed E-state index contributed by atoms with van der Waals surface area (Å²) in [5.74, 6) is -0.0974. The summed E-state index contributed by atoms with van der Waals surface area (Å²) in [4.78, 5) is 0. The maximum Gasteiger partial charge on any atom is 0.154 e. The van der Waals surface area contributed by atoms with Gasteiger partial charge >= 0.3 is 0 Å². The van der Waals surface area contributed by atoms with Crippen molar-refractivity contribution in [2.45, 2.75) is 38.8 Å². The number of hydroxylamine groups is 2. The smallest absolute Gasteiger partial charge is 0.154 e. The van der Waals surface area contributed by atoms with Crippen molar-refractivity contribution in [3.05, 3.63) is 0 Å². The number of sulfone groups is 1. The van der Waals surface area contributed by atoms with Gasteiger partial charge in [0.05, 0.1) is 22.6 Å². The molecule has 0 atom stereocenters. The molecule has 0 bridgehead atoms. The average molecular weight is 206 g/mol. The molecule has 0 aromatic rings. The van der Waals surface area contributed by atoms with Gasteiger partial charge in [-0.2, -0.15) is 0 Å². The lowest BCUT2D eigenvalue weighted by atomic mass is 9.99. The van der Waals surface area contributed by atoms with Crippen molar-refractivity contribution in [3.8, 4) is 0 Å². The molecular weight excluding hydrogens is 190 g/mol. The average Bonchev–Trinajstić information content (AvgIpc) is 1.77. The quantitative estimate of drug-likeness (QED) is 0.584. The van der Waals surface area contributed by atoms with Gasteiger partial charge in [0, 0.05) is 0 Å². The summed E-state index contributed by atoms with van der Waals surface area (Å²) in [6, 6.07) is 0. The summed E-state index contributed by atoms with van der Waals surface area (Å²) in [5, 5.41) is 12.6. The molecule has 0 N–H and O–H groups in total. The van der Waals surface area contributed by atoms with Crippen LogP contribution in [0.1, 0.15) is 27.7 Å². The molecule has 1 aliphatic heterocycles. The van der Waals surface area contributed by atoms with Crippen LogP contribution in [-0.2, 0) is 15.0 Å². The number of hydrogen-bond acceptors (Lipinski definition) is 3. The van der Waals surface area contributed by atoms with Gasteiger partial charge in [-0.25, -0.2) is 8.42 Å². The van der Waals surface area contributed by atoms with E-state index in [2.05, 4.69) is 0 Å². The zero-order valence-electron chi connectivity index (χ0n) is 8.49. The van der Waals surface area contributed by atoms with Crippen molar-refractivity contribution in [2.75, 3.05) is 11.5 Å². The van der Waals surface area contributed by atoms with Crippen LogP contribution in [0.3, 0.4) is 0 Å². The van der Waals surface area contributed by atoms with Crippen molar-refractivity contribution in [3.63, 3.8) is 0 Å². The molecule has 0 aliphatic carbocycles. The van der Waals surface area contributed by atoms with Crippen LogP contribution >= 0.6 is 0 Å². The van der Waals surface area contributed by atoms with Gasteiger partial charge in [-0.05, 0) is 27.7 Å². The molecule has 77 valence electrons. The molecular formula is C8H16NO3S. The highest BCUT2D eigenvalue weighted by Gasteiger charge is 2.48. The van der Waals surface area contributed by atoms with E-state index in [0.29, 0.717) is 0 Å². The Bertz CT molecular complexity index is 281. The lowest BCUT2D eigenvalue weighted by Crippen LogP contribution is -2.63. The summed E-state index contributed by atoms with van der Waals surface area (Å²) in [5.41, 5.74) is -1.61. The van der Waals surface area contributed by atoms with Crippen LogP contribution in [0.25, 0.3) is 0 Å². The van der Waals surface area contributed by atoms with E-state index in [-0.39, 0.29) is 11.5 Å². The second-order valence-corrected chi connectivity index (χ2v) is 7.02. The summed E-state index contributed by atoms with van der Waals surface area (Å²) in [7, 11) is -3.07. The van der Waals surface area contributed by atoms with E-state index in [9.17, 15) is 13.6 Å². The SMILES string of the molecule is CC1(C)CS(=O)(=O)CC(C)(C)N1[O]. The molecule has 0 saturated carbocycles. The second-order valence-electron chi connectivity index (χ2n) is 4.95. The van der Waals surface area contributed by atoms with Crippen LogP contribution in [0, 0.1) is 0 Å². The molecule has 0 amide bonds. The third-order valence-corrected chi connectivity index (χ3v) is 4.54. The lowest BCUT2D eigenvalue weighted by molar-refractivity contribution is -0.263. The molecule has 0 aromatic heterocycles. The van der Waals surface area contributed by atoms with E-state index in [0.717, 1.165) is 5.06 Å². The van der Waals surface area contributed by atoms with Gasteiger partial charge in [-0.3, -0.25) is 0 Å². The highest BCUT2D eigenvalue weighted by Crippen LogP contribution is 2.31. The van der Waals surface area contributed by atoms with Gasteiger partial charge in [0.15, 0.2) is 9.84 Å². The molecule has 1 fully saturated rings. The molecule has 1 saturated heterocycles. The first-order valence-corrected chi connectivity index (χ1v) is 6.07. The van der Waals surface area contributed by atoms with Crippen LogP contribution in [0.5, 0.6) is 0 Å². The molecule has 1 radical (unpaired) electrons. The zero-order valence-corrected chi connectivity index (χ0v) is 9.31. The van der Waals surface area contributed by atoms with Gasteiger partial charge in [0.25, 0.3) is 0 Å². The Kier molecular flexibility index (Phi) is 2.26. The maximum absolute atomic E-state index is 11.7. The van der Waals surface area contributed by atoms with E-state index in [4.69, 9.17) is 0 Å². The summed E-state index contributed by atoms with van der Waals surface area (Å²) < 4.78 is 22.9. The Morgan fingerprint density at radius 1 is 1.00 bits per heavy atom. The number of nitrogens with zero attached hydrogens (tertiary/aromatic N) is 1. The van der Waals surface area contributed by atoms with Crippen molar-refractivity contribution in [2.24, 2.45) is 0 Å². The van der Waals surface area contributed by atoms with Crippen molar-refractivity contribution in [1.82, 2.24) is 5.06 Å². The maximum atomic E-state index is 11.7. The van der Waals surface area contributed by atoms with Crippen molar-refractivity contribution >= 4 is 9.84 Å². The summed E-state index contributed by atoms with van der Waals surface area (Å²) >= 11 is 0. The first-order chi connectivity index (χ1) is 5.57. The van der Waals surface area contributed by atoms with Crippen LogP contribution < -0.4 is 0 Å². The minimum atomic E-state index is -3.07. The fourth-order valence-electron chi connectivity index (χ4n) is 2.06. The molecule has 4 nitrogen and oxygen atoms in total. The van der Waals surface area contributed by atoms with Gasteiger partial charge in [-0.1, -0.05) is 0 Å². The minimum absolute atomic E-state index is 0.0487. The molecule has 5 heteroatoms. The largest absolute Gasteiger partial charge is 0.229 e. The Hall–Kier alpha value is -0.130. The number of hydrogen-bond donors (Lipinski definition) is 0. The Labute approximate surface area is 79.4 Å². The Morgan fingerprint density at radius 2 is 1.31 bits per heavy atom. The minimum Gasteiger partial charge on any atom is -0.229 e. The number of rotatable bonds is 0. The molecule has 13 heavy (non-hydrogen) atoms. The van der Waals surface area contributed by atoms with Crippen molar-refractivity contribution < 1.29 is 13.6 Å². The van der Waals surface area contributed by atoms with Crippen molar-refractivity contribution in [1.29, 1.82) is 0 Å². The molecule has 0 aromatic carbocycles. The fraction of sp³-hybridized carbons (Fsp3) is 1.00. The molecule has 0 spiro atoms. The molecule has 1 rings (SSSR count). The van der Waals surface area contributed by atoms with Gasteiger partial charge in [-0.15, -0.1) is 10.3 Å². The second kappa shape index (κ2) is 2.68. The topological polar surface area (TPSA) is 57.3 Å². The van der Waals surface area contributed by atoms with Crippen LogP contribution in [0.4, 0.5) is 0 Å². The van der Waals surface area contributed by atoms with E-state index >= 15 is 0 Å². The van der Waals surface area contributed by atoms with Crippen LogP contribution in [0.2, 0.25) is 0 Å². The molecule has 0 unspecified atom stereocenters. The Morgan fingerprint density at radius 3 is 1.62 bits per heavy atom. The molecule has 1 aliphatic rings. The highest BCUT2D eigenvalue weighted by atomic mass is 32.2. The van der Waals surface area contributed by atoms with Gasteiger partial charge < -0.3 is 0 Å². The van der Waals surface area contributed by atoms with E-state index < -0.39 is 20.9 Å². The van der Waals surface area contributed by atoms with Gasteiger partial charge in [0.1, 0.15) is 0 Å². The predicted octanol–water partition coefficient (Wildman–Crippen LogP) is 0.620. The Balaban J connectivity index is 3.10. The highest BCUT2D eigenvalue weighted by molar-refractivity contribution is 7.91. The van der Waals surface area contributed by atoms with E-state index in [1.807, 2.05) is 0 Å². The van der Waals surface area contributed by atoms with Crippen LogP contribution in [0.15, 0.2) is 0 Å². The first-order valence-electron chi connectivity index (χ1n) is 4.25. The monoisotopic (exact) mass is 206 g/mol. The molecule has 1 heterocycles. The van der Waals surface area contributed by atoms with Gasteiger partial charge in [0.2, 0.25) is 0 Å². The van der Waals surface area contributed by atoms with Crippen LogP contribution in [-0.4, -0.2) is 36.1 Å². The predicted molar refractivity (Wildman–Crippen MR) is 49.3 cm³/mol. The van der Waals surface area contributed by atoms with E-state index in [1.54, 1.807) is 27.7 Å². The standard InChI is InChI=1S/C8H16NO3S/c1-7(2)5-13(11,12)6-8(3,4)9(7)10/h5-6H2,1-4H3. The summed E-state index contributed by atoms with van der Waals surface area (Å²) in [6.07, 6.45) is 0. The zero-order chi connectivity index (χ0) is 10.5.